The number of rotatable bonds is 11. The summed E-state index contributed by atoms with van der Waals surface area (Å²) in [5.74, 6) is -0.139. The van der Waals surface area contributed by atoms with E-state index in [-0.39, 0.29) is 11.8 Å². The summed E-state index contributed by atoms with van der Waals surface area (Å²) in [5.41, 5.74) is 0. The maximum atomic E-state index is 11.8. The summed E-state index contributed by atoms with van der Waals surface area (Å²) in [6.45, 7) is 13.8. The second-order valence-electron chi connectivity index (χ2n) is 4.77. The highest BCUT2D eigenvalue weighted by Crippen LogP contribution is 2.01. The van der Waals surface area contributed by atoms with Crippen LogP contribution >= 0.6 is 0 Å². The van der Waals surface area contributed by atoms with Crippen LogP contribution in [0.3, 0.4) is 0 Å². The van der Waals surface area contributed by atoms with E-state index >= 15 is 0 Å². The zero-order chi connectivity index (χ0) is 15.4. The lowest BCUT2D eigenvalue weighted by molar-refractivity contribution is -0.130. The van der Waals surface area contributed by atoms with Gasteiger partial charge in [0.25, 0.3) is 0 Å². The first-order chi connectivity index (χ1) is 9.60. The van der Waals surface area contributed by atoms with Gasteiger partial charge in [-0.05, 0) is 25.0 Å². The minimum absolute atomic E-state index is 0.0695. The van der Waals surface area contributed by atoms with Gasteiger partial charge in [-0.25, -0.2) is 0 Å². The molecule has 0 bridgehead atoms. The van der Waals surface area contributed by atoms with Gasteiger partial charge in [0.2, 0.25) is 11.8 Å². The van der Waals surface area contributed by atoms with E-state index in [9.17, 15) is 9.59 Å². The van der Waals surface area contributed by atoms with E-state index in [0.717, 1.165) is 25.7 Å². The number of hydrogen-bond donors (Lipinski definition) is 0. The van der Waals surface area contributed by atoms with Gasteiger partial charge in [-0.15, -0.1) is 0 Å². The van der Waals surface area contributed by atoms with E-state index < -0.39 is 0 Å². The molecule has 0 unspecified atom stereocenters. The molecular weight excluding hydrogens is 252 g/mol. The number of unbranched alkanes of at least 4 members (excludes halogenated alkanes) is 2. The first-order valence-electron chi connectivity index (χ1n) is 7.43. The maximum Gasteiger partial charge on any atom is 0.246 e. The molecule has 0 aliphatic carbocycles. The Bertz CT molecular complexity index is 294. The van der Waals surface area contributed by atoms with E-state index in [0.29, 0.717) is 26.2 Å². The molecule has 0 rings (SSSR count). The lowest BCUT2D eigenvalue weighted by atomic mass is 10.2. The molecule has 0 radical (unpaired) electrons. The molecule has 0 aliphatic rings. The Labute approximate surface area is 123 Å². The van der Waals surface area contributed by atoms with Crippen molar-refractivity contribution in [3.05, 3.63) is 25.3 Å². The minimum Gasteiger partial charge on any atom is -0.337 e. The van der Waals surface area contributed by atoms with Gasteiger partial charge in [-0.3, -0.25) is 9.59 Å². The molecule has 0 aromatic rings. The molecule has 0 fully saturated rings. The van der Waals surface area contributed by atoms with Gasteiger partial charge in [0.15, 0.2) is 0 Å². The third-order valence-corrected chi connectivity index (χ3v) is 3.18. The molecule has 0 aromatic heterocycles. The van der Waals surface area contributed by atoms with Crippen LogP contribution in [0.2, 0.25) is 0 Å². The molecule has 0 saturated heterocycles. The molecule has 114 valence electrons. The summed E-state index contributed by atoms with van der Waals surface area (Å²) in [6, 6.07) is 0. The Kier molecular flexibility index (Phi) is 10.4. The quantitative estimate of drug-likeness (QED) is 0.546. The molecule has 4 heteroatoms. The second kappa shape index (κ2) is 11.3. The van der Waals surface area contributed by atoms with Crippen molar-refractivity contribution < 1.29 is 9.59 Å². The largest absolute Gasteiger partial charge is 0.337 e. The molecule has 0 heterocycles. The highest BCUT2D eigenvalue weighted by molar-refractivity contribution is 5.88. The molecule has 0 aromatic carbocycles. The molecule has 0 saturated carbocycles. The fraction of sp³-hybridized carbons (Fsp3) is 0.625. The monoisotopic (exact) mass is 280 g/mol. The zero-order valence-electron chi connectivity index (χ0n) is 12.9. The van der Waals surface area contributed by atoms with E-state index in [1.807, 2.05) is 0 Å². The predicted molar refractivity (Wildman–Crippen MR) is 83.4 cm³/mol. The van der Waals surface area contributed by atoms with Crippen LogP contribution in [0, 0.1) is 0 Å². The van der Waals surface area contributed by atoms with E-state index in [4.69, 9.17) is 0 Å². The third kappa shape index (κ3) is 7.12. The molecule has 0 spiro atoms. The van der Waals surface area contributed by atoms with Crippen LogP contribution in [-0.4, -0.2) is 47.8 Å². The van der Waals surface area contributed by atoms with Gasteiger partial charge >= 0.3 is 0 Å². The number of carbonyl (C=O) groups is 2. The van der Waals surface area contributed by atoms with Crippen molar-refractivity contribution in [3.8, 4) is 0 Å². The van der Waals surface area contributed by atoms with Crippen molar-refractivity contribution in [2.24, 2.45) is 0 Å². The third-order valence-electron chi connectivity index (χ3n) is 3.18. The van der Waals surface area contributed by atoms with E-state index in [1.165, 1.54) is 12.2 Å². The predicted octanol–water partition coefficient (Wildman–Crippen LogP) is 2.62. The van der Waals surface area contributed by atoms with Gasteiger partial charge in [0, 0.05) is 26.2 Å². The van der Waals surface area contributed by atoms with Crippen molar-refractivity contribution in [1.82, 2.24) is 9.80 Å². The normalized spacial score (nSPS) is 9.90. The fourth-order valence-electron chi connectivity index (χ4n) is 1.86. The molecule has 0 N–H and O–H groups in total. The molecule has 4 nitrogen and oxygen atoms in total. The Morgan fingerprint density at radius 2 is 1.15 bits per heavy atom. The first kappa shape index (κ1) is 18.4. The standard InChI is InChI=1S/C16H28N2O2/c1-5-9-11-17(15(19)7-3)13-14-18(12-10-6-2)16(20)8-4/h7-8H,3-6,9-14H2,1-2H3. The summed E-state index contributed by atoms with van der Waals surface area (Å²) >= 11 is 0. The lowest BCUT2D eigenvalue weighted by Crippen LogP contribution is -2.40. The topological polar surface area (TPSA) is 40.6 Å². The van der Waals surface area contributed by atoms with Crippen molar-refractivity contribution in [2.45, 2.75) is 39.5 Å². The Hall–Kier alpha value is -1.58. The van der Waals surface area contributed by atoms with Crippen molar-refractivity contribution in [3.63, 3.8) is 0 Å². The number of amides is 2. The molecule has 0 atom stereocenters. The van der Waals surface area contributed by atoms with Crippen molar-refractivity contribution >= 4 is 11.8 Å². The average Bonchev–Trinajstić information content (AvgIpc) is 2.48. The van der Waals surface area contributed by atoms with Crippen molar-refractivity contribution in [1.29, 1.82) is 0 Å². The van der Waals surface area contributed by atoms with Gasteiger partial charge < -0.3 is 9.80 Å². The van der Waals surface area contributed by atoms with Crippen LogP contribution in [0.25, 0.3) is 0 Å². The first-order valence-corrected chi connectivity index (χ1v) is 7.43. The molecule has 2 amide bonds. The van der Waals surface area contributed by atoms with Crippen molar-refractivity contribution in [2.75, 3.05) is 26.2 Å². The average molecular weight is 280 g/mol. The lowest BCUT2D eigenvalue weighted by Gasteiger charge is -2.26. The SMILES string of the molecule is C=CC(=O)N(CCCC)CCN(CCCC)C(=O)C=C. The highest BCUT2D eigenvalue weighted by atomic mass is 16.2. The summed E-state index contributed by atoms with van der Waals surface area (Å²) in [7, 11) is 0. The molecule has 0 aliphatic heterocycles. The summed E-state index contributed by atoms with van der Waals surface area (Å²) < 4.78 is 0. The van der Waals surface area contributed by atoms with Crippen LogP contribution in [0.5, 0.6) is 0 Å². The second-order valence-corrected chi connectivity index (χ2v) is 4.77. The summed E-state index contributed by atoms with van der Waals surface area (Å²) in [6.07, 6.45) is 6.66. The molecular formula is C16H28N2O2. The summed E-state index contributed by atoms with van der Waals surface area (Å²) in [5, 5.41) is 0. The van der Waals surface area contributed by atoms with Crippen LogP contribution < -0.4 is 0 Å². The number of carbonyl (C=O) groups excluding carboxylic acids is 2. The van der Waals surface area contributed by atoms with Gasteiger partial charge in [0.05, 0.1) is 0 Å². The zero-order valence-corrected chi connectivity index (χ0v) is 12.9. The Balaban J connectivity index is 4.50. The fourth-order valence-corrected chi connectivity index (χ4v) is 1.86. The van der Waals surface area contributed by atoms with E-state index in [1.54, 1.807) is 9.80 Å². The maximum absolute atomic E-state index is 11.8. The van der Waals surface area contributed by atoms with Crippen LogP contribution in [0.4, 0.5) is 0 Å². The number of nitrogens with zero attached hydrogens (tertiary/aromatic N) is 2. The highest BCUT2D eigenvalue weighted by Gasteiger charge is 2.14. The number of hydrogen-bond acceptors (Lipinski definition) is 2. The van der Waals surface area contributed by atoms with Gasteiger partial charge in [-0.2, -0.15) is 0 Å². The van der Waals surface area contributed by atoms with Crippen LogP contribution in [0.1, 0.15) is 39.5 Å². The Morgan fingerprint density at radius 1 is 0.800 bits per heavy atom. The Morgan fingerprint density at radius 3 is 1.40 bits per heavy atom. The van der Waals surface area contributed by atoms with Crippen LogP contribution in [-0.2, 0) is 9.59 Å². The molecule has 20 heavy (non-hydrogen) atoms. The van der Waals surface area contributed by atoms with Crippen LogP contribution in [0.15, 0.2) is 25.3 Å². The van der Waals surface area contributed by atoms with Gasteiger partial charge in [-0.1, -0.05) is 39.8 Å². The summed E-state index contributed by atoms with van der Waals surface area (Å²) in [4.78, 5) is 27.0. The smallest absolute Gasteiger partial charge is 0.246 e. The minimum atomic E-state index is -0.0695. The van der Waals surface area contributed by atoms with Gasteiger partial charge in [0.1, 0.15) is 0 Å². The van der Waals surface area contributed by atoms with E-state index in [2.05, 4.69) is 27.0 Å².